The van der Waals surface area contributed by atoms with Gasteiger partial charge in [0.05, 0.1) is 9.77 Å². The van der Waals surface area contributed by atoms with Crippen molar-refractivity contribution in [2.24, 2.45) is 0 Å². The molecule has 4 rings (SSSR count). The van der Waals surface area contributed by atoms with Crippen LogP contribution in [0.1, 0.15) is 39.4 Å². The van der Waals surface area contributed by atoms with E-state index in [0.717, 1.165) is 46.7 Å². The molecule has 0 aliphatic carbocycles. The Morgan fingerprint density at radius 3 is 2.50 bits per heavy atom. The molecule has 0 spiro atoms. The van der Waals surface area contributed by atoms with E-state index in [1.807, 2.05) is 19.1 Å². The van der Waals surface area contributed by atoms with E-state index in [2.05, 4.69) is 0 Å². The number of aryl methyl sites for hydroxylation is 2. The van der Waals surface area contributed by atoms with Crippen molar-refractivity contribution in [1.29, 1.82) is 0 Å². The number of rotatable bonds is 3. The smallest absolute Gasteiger partial charge is 0.268 e. The first-order chi connectivity index (χ1) is 12.5. The Morgan fingerprint density at radius 1 is 1.04 bits per heavy atom. The van der Waals surface area contributed by atoms with E-state index in [4.69, 9.17) is 0 Å². The van der Waals surface area contributed by atoms with Crippen molar-refractivity contribution in [3.63, 3.8) is 0 Å². The van der Waals surface area contributed by atoms with Gasteiger partial charge in [-0.1, -0.05) is 0 Å². The van der Waals surface area contributed by atoms with Crippen LogP contribution in [0.15, 0.2) is 35.2 Å². The highest BCUT2D eigenvalue weighted by Crippen LogP contribution is 2.33. The molecule has 138 valence electrons. The molecule has 0 saturated carbocycles. The van der Waals surface area contributed by atoms with Gasteiger partial charge in [0.15, 0.2) is 0 Å². The third-order valence-electron chi connectivity index (χ3n) is 5.07. The number of thiophene rings is 1. The van der Waals surface area contributed by atoms with E-state index in [1.165, 1.54) is 11.3 Å². The summed E-state index contributed by atoms with van der Waals surface area (Å²) in [5.41, 5.74) is 1.78. The van der Waals surface area contributed by atoms with E-state index in [-0.39, 0.29) is 5.91 Å². The maximum atomic E-state index is 12.9. The average Bonchev–Trinajstić information content (AvgIpc) is 3.32. The Hall–Kier alpha value is -1.70. The van der Waals surface area contributed by atoms with E-state index >= 15 is 0 Å². The lowest BCUT2D eigenvalue weighted by Gasteiger charge is -2.30. The molecule has 1 fully saturated rings. The van der Waals surface area contributed by atoms with Gasteiger partial charge in [0.1, 0.15) is 0 Å². The second-order valence-electron chi connectivity index (χ2n) is 6.87. The third-order valence-corrected chi connectivity index (χ3v) is 7.95. The number of anilines is 1. The highest BCUT2D eigenvalue weighted by molar-refractivity contribution is 7.89. The van der Waals surface area contributed by atoms with Gasteiger partial charge in [-0.3, -0.25) is 4.79 Å². The zero-order valence-electron chi connectivity index (χ0n) is 14.8. The summed E-state index contributed by atoms with van der Waals surface area (Å²) in [4.78, 5) is 16.8. The molecule has 1 aromatic carbocycles. The summed E-state index contributed by atoms with van der Waals surface area (Å²) in [7, 11) is -3.43. The number of carbonyl (C=O) groups excluding carboxylic acids is 1. The second-order valence-corrected chi connectivity index (χ2v) is 10.1. The molecule has 0 unspecified atom stereocenters. The molecule has 1 amide bonds. The van der Waals surface area contributed by atoms with Gasteiger partial charge >= 0.3 is 0 Å². The van der Waals surface area contributed by atoms with Gasteiger partial charge in [-0.15, -0.1) is 11.3 Å². The summed E-state index contributed by atoms with van der Waals surface area (Å²) in [6, 6.07) is 9.03. The van der Waals surface area contributed by atoms with E-state index in [1.54, 1.807) is 27.4 Å². The predicted molar refractivity (Wildman–Crippen MR) is 103 cm³/mol. The number of benzene rings is 1. The van der Waals surface area contributed by atoms with Crippen LogP contribution in [0.4, 0.5) is 5.69 Å². The number of hydrogen-bond donors (Lipinski definition) is 0. The number of nitrogens with zero attached hydrogens (tertiary/aromatic N) is 2. The maximum absolute atomic E-state index is 12.9. The van der Waals surface area contributed by atoms with Gasteiger partial charge in [-0.05, 0) is 68.5 Å². The van der Waals surface area contributed by atoms with Crippen LogP contribution in [-0.4, -0.2) is 38.3 Å². The molecule has 0 atom stereocenters. The summed E-state index contributed by atoms with van der Waals surface area (Å²) >= 11 is 1.49. The zero-order valence-corrected chi connectivity index (χ0v) is 16.4. The fraction of sp³-hybridized carbons (Fsp3) is 0.421. The highest BCUT2D eigenvalue weighted by atomic mass is 32.2. The highest BCUT2D eigenvalue weighted by Gasteiger charge is 2.30. The van der Waals surface area contributed by atoms with Crippen molar-refractivity contribution in [1.82, 2.24) is 4.31 Å². The molecule has 7 heteroatoms. The van der Waals surface area contributed by atoms with Crippen molar-refractivity contribution in [2.45, 2.75) is 37.5 Å². The Balaban J connectivity index is 1.67. The molecule has 0 bridgehead atoms. The molecular formula is C19H22N2O3S2. The average molecular weight is 391 g/mol. The number of carbonyl (C=O) groups is 1. The first-order valence-corrected chi connectivity index (χ1v) is 11.2. The molecule has 2 aliphatic rings. The molecule has 2 aromatic rings. The first-order valence-electron chi connectivity index (χ1n) is 8.98. The van der Waals surface area contributed by atoms with Gasteiger partial charge < -0.3 is 4.90 Å². The fourth-order valence-electron chi connectivity index (χ4n) is 3.70. The molecular weight excluding hydrogens is 368 g/mol. The monoisotopic (exact) mass is 390 g/mol. The number of hydrogen-bond acceptors (Lipinski definition) is 4. The van der Waals surface area contributed by atoms with Crippen molar-refractivity contribution < 1.29 is 13.2 Å². The van der Waals surface area contributed by atoms with Crippen LogP contribution in [0.3, 0.4) is 0 Å². The molecule has 5 nitrogen and oxygen atoms in total. The van der Waals surface area contributed by atoms with Gasteiger partial charge in [-0.25, -0.2) is 8.42 Å². The van der Waals surface area contributed by atoms with E-state index in [9.17, 15) is 13.2 Å². The largest absolute Gasteiger partial charge is 0.307 e. The number of sulfonamides is 1. The Morgan fingerprint density at radius 2 is 1.81 bits per heavy atom. The summed E-state index contributed by atoms with van der Waals surface area (Å²) in [5, 5.41) is 0. The van der Waals surface area contributed by atoms with Crippen LogP contribution in [-0.2, 0) is 16.4 Å². The van der Waals surface area contributed by atoms with Gasteiger partial charge in [0, 0.05) is 30.2 Å². The molecule has 1 saturated heterocycles. The molecule has 3 heterocycles. The van der Waals surface area contributed by atoms with Crippen LogP contribution in [0.25, 0.3) is 0 Å². The molecule has 0 radical (unpaired) electrons. The molecule has 26 heavy (non-hydrogen) atoms. The van der Waals surface area contributed by atoms with Crippen LogP contribution in [0, 0.1) is 6.92 Å². The lowest BCUT2D eigenvalue weighted by atomic mass is 10.0. The predicted octanol–water partition coefficient (Wildman–Crippen LogP) is 3.43. The lowest BCUT2D eigenvalue weighted by Crippen LogP contribution is -2.35. The van der Waals surface area contributed by atoms with Crippen molar-refractivity contribution >= 4 is 33.0 Å². The molecule has 2 aliphatic heterocycles. The SMILES string of the molecule is Cc1ccc(C(=O)N2CCCc3cc(S(=O)(=O)N4CCCC4)ccc32)s1. The first kappa shape index (κ1) is 17.7. The number of amides is 1. The molecule has 1 aromatic heterocycles. The minimum absolute atomic E-state index is 0.000741. The summed E-state index contributed by atoms with van der Waals surface area (Å²) < 4.78 is 27.2. The van der Waals surface area contributed by atoms with E-state index in [0.29, 0.717) is 24.5 Å². The minimum Gasteiger partial charge on any atom is -0.307 e. The van der Waals surface area contributed by atoms with Gasteiger partial charge in [0.2, 0.25) is 10.0 Å². The Kier molecular flexibility index (Phi) is 4.62. The minimum atomic E-state index is -3.43. The zero-order chi connectivity index (χ0) is 18.3. The topological polar surface area (TPSA) is 57.7 Å². The number of fused-ring (bicyclic) bond motifs is 1. The quantitative estimate of drug-likeness (QED) is 0.807. The lowest BCUT2D eigenvalue weighted by molar-refractivity contribution is 0.0989. The van der Waals surface area contributed by atoms with Gasteiger partial charge in [0.25, 0.3) is 5.91 Å². The summed E-state index contributed by atoms with van der Waals surface area (Å²) in [5.74, 6) is -0.000741. The Labute approximate surface area is 158 Å². The summed E-state index contributed by atoms with van der Waals surface area (Å²) in [6.45, 7) is 3.85. The van der Waals surface area contributed by atoms with Crippen LogP contribution in [0.2, 0.25) is 0 Å². The standard InChI is InChI=1S/C19H22N2O3S2/c1-14-6-9-18(25-14)19(22)21-12-4-5-15-13-16(7-8-17(15)21)26(23,24)20-10-2-3-11-20/h6-9,13H,2-5,10-12H2,1H3. The van der Waals surface area contributed by atoms with Crippen LogP contribution < -0.4 is 4.90 Å². The van der Waals surface area contributed by atoms with Crippen molar-refractivity contribution in [3.05, 3.63) is 45.6 Å². The maximum Gasteiger partial charge on any atom is 0.268 e. The van der Waals surface area contributed by atoms with Crippen molar-refractivity contribution in [3.8, 4) is 0 Å². The van der Waals surface area contributed by atoms with E-state index < -0.39 is 10.0 Å². The van der Waals surface area contributed by atoms with Crippen LogP contribution in [0.5, 0.6) is 0 Å². The summed E-state index contributed by atoms with van der Waals surface area (Å²) in [6.07, 6.45) is 3.49. The van der Waals surface area contributed by atoms with Gasteiger partial charge in [-0.2, -0.15) is 4.31 Å². The molecule has 0 N–H and O–H groups in total. The van der Waals surface area contributed by atoms with Crippen molar-refractivity contribution in [2.75, 3.05) is 24.5 Å². The fourth-order valence-corrected chi connectivity index (χ4v) is 6.09. The third kappa shape index (κ3) is 3.08. The van der Waals surface area contributed by atoms with Crippen LogP contribution >= 0.6 is 11.3 Å². The Bertz CT molecular complexity index is 943. The normalized spacial score (nSPS) is 18.1. The second kappa shape index (κ2) is 6.79.